The molecule has 1 aromatic heterocycles. The van der Waals surface area contributed by atoms with Crippen molar-refractivity contribution >= 4 is 28.4 Å². The van der Waals surface area contributed by atoms with E-state index in [4.69, 9.17) is 4.98 Å². The first-order chi connectivity index (χ1) is 14.5. The third-order valence-electron chi connectivity index (χ3n) is 5.22. The van der Waals surface area contributed by atoms with Gasteiger partial charge in [-0.15, -0.1) is 0 Å². The number of benzene rings is 3. The number of carbonyl (C=O) groups is 1. The van der Waals surface area contributed by atoms with Gasteiger partial charge in [-0.2, -0.15) is 0 Å². The van der Waals surface area contributed by atoms with Crippen molar-refractivity contribution < 1.29 is 4.79 Å². The molecule has 0 bridgehead atoms. The summed E-state index contributed by atoms with van der Waals surface area (Å²) in [6.45, 7) is 1.91. The predicted octanol–water partition coefficient (Wildman–Crippen LogP) is 6.17. The zero-order chi connectivity index (χ0) is 21.1. The number of aromatic nitrogens is 1. The van der Waals surface area contributed by atoms with Crippen LogP contribution >= 0.6 is 0 Å². The Balaban J connectivity index is 1.80. The molecular weight excluding hydrogens is 368 g/mol. The van der Waals surface area contributed by atoms with Gasteiger partial charge in [0.05, 0.1) is 11.1 Å². The lowest BCUT2D eigenvalue weighted by Gasteiger charge is -2.14. The minimum atomic E-state index is -0.0405. The summed E-state index contributed by atoms with van der Waals surface area (Å²) in [7, 11) is 4.02. The average molecular weight is 393 g/mol. The van der Waals surface area contributed by atoms with E-state index in [9.17, 15) is 4.79 Å². The molecule has 0 N–H and O–H groups in total. The number of hydrogen-bond acceptors (Lipinski definition) is 3. The second-order valence-electron chi connectivity index (χ2n) is 7.51. The summed E-state index contributed by atoms with van der Waals surface area (Å²) in [5.74, 6) is -0.0405. The Morgan fingerprint density at radius 1 is 0.867 bits per heavy atom. The fourth-order valence-corrected chi connectivity index (χ4v) is 3.68. The molecule has 0 atom stereocenters. The summed E-state index contributed by atoms with van der Waals surface area (Å²) < 4.78 is 0. The van der Waals surface area contributed by atoms with Crippen molar-refractivity contribution in [3.8, 4) is 11.1 Å². The quantitative estimate of drug-likeness (QED) is 0.301. The first kappa shape index (κ1) is 19.6. The van der Waals surface area contributed by atoms with Gasteiger partial charge in [0.15, 0.2) is 5.78 Å². The van der Waals surface area contributed by atoms with Gasteiger partial charge >= 0.3 is 0 Å². The normalized spacial score (nSPS) is 11.2. The van der Waals surface area contributed by atoms with Gasteiger partial charge in [-0.1, -0.05) is 66.7 Å². The molecular formula is C27H24N2O. The number of allylic oxidation sites excluding steroid dienone is 1. The van der Waals surface area contributed by atoms with E-state index in [0.717, 1.165) is 39.0 Å². The number of carbonyl (C=O) groups excluding carboxylic acids is 1. The Morgan fingerprint density at radius 2 is 1.53 bits per heavy atom. The van der Waals surface area contributed by atoms with E-state index < -0.39 is 0 Å². The van der Waals surface area contributed by atoms with Crippen molar-refractivity contribution in [2.24, 2.45) is 0 Å². The number of ketones is 1. The van der Waals surface area contributed by atoms with Gasteiger partial charge in [0.1, 0.15) is 0 Å². The Bertz CT molecular complexity index is 1220. The third-order valence-corrected chi connectivity index (χ3v) is 5.22. The molecule has 4 aromatic rings. The second-order valence-corrected chi connectivity index (χ2v) is 7.51. The molecule has 148 valence electrons. The molecule has 3 nitrogen and oxygen atoms in total. The molecule has 30 heavy (non-hydrogen) atoms. The Hall–Kier alpha value is -3.72. The molecule has 0 saturated heterocycles. The molecule has 4 rings (SSSR count). The van der Waals surface area contributed by atoms with Crippen molar-refractivity contribution in [2.45, 2.75) is 6.92 Å². The predicted molar refractivity (Wildman–Crippen MR) is 126 cm³/mol. The highest BCUT2D eigenvalue weighted by Gasteiger charge is 2.18. The number of nitrogens with zero attached hydrogens (tertiary/aromatic N) is 2. The first-order valence-electron chi connectivity index (χ1n) is 9.99. The van der Waals surface area contributed by atoms with Gasteiger partial charge in [-0.25, -0.2) is 0 Å². The topological polar surface area (TPSA) is 33.2 Å². The van der Waals surface area contributed by atoms with Gasteiger partial charge in [0.25, 0.3) is 0 Å². The summed E-state index contributed by atoms with van der Waals surface area (Å²) >= 11 is 0. The SMILES string of the molecule is Cc1nc2ccccc2c(-c2ccccc2)c1C(=O)C=Cc1ccc(N(C)C)cc1. The molecule has 0 aliphatic heterocycles. The fraction of sp³-hybridized carbons (Fsp3) is 0.111. The van der Waals surface area contributed by atoms with Crippen LogP contribution in [0.15, 0.2) is 84.9 Å². The van der Waals surface area contributed by atoms with Crippen LogP contribution in [-0.2, 0) is 0 Å². The van der Waals surface area contributed by atoms with Crippen LogP contribution in [0.1, 0.15) is 21.6 Å². The summed E-state index contributed by atoms with van der Waals surface area (Å²) in [5.41, 5.74) is 6.36. The van der Waals surface area contributed by atoms with E-state index in [2.05, 4.69) is 4.90 Å². The maximum absolute atomic E-state index is 13.3. The van der Waals surface area contributed by atoms with E-state index in [1.54, 1.807) is 6.08 Å². The zero-order valence-corrected chi connectivity index (χ0v) is 17.5. The van der Waals surface area contributed by atoms with Gasteiger partial charge in [-0.05, 0) is 42.3 Å². The molecule has 0 saturated carbocycles. The van der Waals surface area contributed by atoms with Gasteiger partial charge in [0.2, 0.25) is 0 Å². The lowest BCUT2D eigenvalue weighted by Crippen LogP contribution is -2.08. The second kappa shape index (κ2) is 8.34. The summed E-state index contributed by atoms with van der Waals surface area (Å²) in [6, 6.07) is 26.2. The van der Waals surface area contributed by atoms with Gasteiger partial charge < -0.3 is 4.90 Å². The molecule has 0 aliphatic rings. The molecule has 3 heteroatoms. The van der Waals surface area contributed by atoms with Crippen LogP contribution in [0, 0.1) is 6.92 Å². The van der Waals surface area contributed by atoms with Crippen molar-refractivity contribution in [2.75, 3.05) is 19.0 Å². The molecule has 0 spiro atoms. The van der Waals surface area contributed by atoms with Crippen molar-refractivity contribution in [3.05, 3.63) is 102 Å². The molecule has 0 radical (unpaired) electrons. The maximum atomic E-state index is 13.3. The minimum Gasteiger partial charge on any atom is -0.378 e. The molecule has 1 heterocycles. The molecule has 3 aromatic carbocycles. The Morgan fingerprint density at radius 3 is 2.23 bits per heavy atom. The number of para-hydroxylation sites is 1. The lowest BCUT2D eigenvalue weighted by molar-refractivity contribution is 0.104. The molecule has 0 amide bonds. The smallest absolute Gasteiger partial charge is 0.188 e. The molecule has 0 aliphatic carbocycles. The van der Waals surface area contributed by atoms with Gasteiger partial charge in [0, 0.05) is 36.4 Å². The summed E-state index contributed by atoms with van der Waals surface area (Å²) in [4.78, 5) is 20.1. The summed E-state index contributed by atoms with van der Waals surface area (Å²) in [5, 5.41) is 0.987. The highest BCUT2D eigenvalue weighted by atomic mass is 16.1. The van der Waals surface area contributed by atoms with E-state index in [0.29, 0.717) is 5.56 Å². The number of hydrogen-bond donors (Lipinski definition) is 0. The molecule has 0 unspecified atom stereocenters. The van der Waals surface area contributed by atoms with E-state index in [1.165, 1.54) is 0 Å². The van der Waals surface area contributed by atoms with Crippen LogP contribution in [0.4, 0.5) is 5.69 Å². The minimum absolute atomic E-state index is 0.0405. The zero-order valence-electron chi connectivity index (χ0n) is 17.5. The average Bonchev–Trinajstić information content (AvgIpc) is 2.77. The number of anilines is 1. The lowest BCUT2D eigenvalue weighted by atomic mass is 9.92. The Labute approximate surface area is 177 Å². The number of aryl methyl sites for hydroxylation is 1. The van der Waals surface area contributed by atoms with Crippen LogP contribution in [0.5, 0.6) is 0 Å². The van der Waals surface area contributed by atoms with Crippen LogP contribution < -0.4 is 4.90 Å². The fourth-order valence-electron chi connectivity index (χ4n) is 3.68. The largest absolute Gasteiger partial charge is 0.378 e. The number of pyridine rings is 1. The van der Waals surface area contributed by atoms with Crippen LogP contribution in [0.3, 0.4) is 0 Å². The highest BCUT2D eigenvalue weighted by molar-refractivity contribution is 6.16. The highest BCUT2D eigenvalue weighted by Crippen LogP contribution is 2.33. The monoisotopic (exact) mass is 392 g/mol. The van der Waals surface area contributed by atoms with Crippen molar-refractivity contribution in [3.63, 3.8) is 0 Å². The van der Waals surface area contributed by atoms with Crippen molar-refractivity contribution in [1.29, 1.82) is 0 Å². The van der Waals surface area contributed by atoms with Crippen molar-refractivity contribution in [1.82, 2.24) is 4.98 Å². The number of fused-ring (bicyclic) bond motifs is 1. The van der Waals surface area contributed by atoms with Crippen LogP contribution in [-0.4, -0.2) is 24.9 Å². The standard InChI is InChI=1S/C27H24N2O/c1-19-26(25(30)18-15-20-13-16-22(17-14-20)29(2)3)27(21-9-5-4-6-10-21)23-11-7-8-12-24(23)28-19/h4-18H,1-3H3. The van der Waals surface area contributed by atoms with E-state index in [-0.39, 0.29) is 5.78 Å². The van der Waals surface area contributed by atoms with Gasteiger partial charge in [-0.3, -0.25) is 9.78 Å². The first-order valence-corrected chi connectivity index (χ1v) is 9.99. The third kappa shape index (κ3) is 3.87. The van der Waals surface area contributed by atoms with E-state index in [1.807, 2.05) is 106 Å². The number of rotatable bonds is 5. The Kier molecular flexibility index (Phi) is 5.44. The maximum Gasteiger partial charge on any atom is 0.188 e. The van der Waals surface area contributed by atoms with Crippen LogP contribution in [0.25, 0.3) is 28.1 Å². The van der Waals surface area contributed by atoms with E-state index >= 15 is 0 Å². The van der Waals surface area contributed by atoms with Crippen LogP contribution in [0.2, 0.25) is 0 Å². The molecule has 0 fully saturated rings. The summed E-state index contributed by atoms with van der Waals surface area (Å²) in [6.07, 6.45) is 3.51.